The number of amidine groups is 1. The van der Waals surface area contributed by atoms with E-state index in [1.54, 1.807) is 17.7 Å². The van der Waals surface area contributed by atoms with Crippen LogP contribution in [-0.4, -0.2) is 51.3 Å². The van der Waals surface area contributed by atoms with Gasteiger partial charge in [-0.05, 0) is 82.2 Å². The van der Waals surface area contributed by atoms with Gasteiger partial charge in [0.1, 0.15) is 23.9 Å². The summed E-state index contributed by atoms with van der Waals surface area (Å²) in [5.74, 6) is -2.46. The quantitative estimate of drug-likeness (QED) is 0.143. The Morgan fingerprint density at radius 1 is 1.09 bits per heavy atom. The summed E-state index contributed by atoms with van der Waals surface area (Å²) in [6, 6.07) is 4.81. The Hall–Kier alpha value is -4.62. The maximum atomic E-state index is 15.6. The average Bonchev–Trinajstić information content (AvgIpc) is 3.93. The fourth-order valence-electron chi connectivity index (χ4n) is 6.64. The number of carbonyl (C=O) groups is 3. The number of halogens is 4. The number of carbonyl (C=O) groups excluding carboxylic acids is 3. The molecule has 2 aliphatic carbocycles. The molecule has 4 N–H and O–H groups in total. The van der Waals surface area contributed by atoms with Crippen LogP contribution in [-0.2, 0) is 22.3 Å². The molecule has 248 valence electrons. The smallest absolute Gasteiger partial charge is 0.383 e. The van der Waals surface area contributed by atoms with Crippen molar-refractivity contribution < 1.29 is 31.9 Å². The normalized spacial score (nSPS) is 20.4. The molecule has 2 amide bonds. The predicted octanol–water partition coefficient (Wildman–Crippen LogP) is 5.00. The summed E-state index contributed by atoms with van der Waals surface area (Å²) in [5, 5.41) is 4.52. The molecule has 0 radical (unpaired) electrons. The number of piperidine rings is 1. The van der Waals surface area contributed by atoms with Gasteiger partial charge >= 0.3 is 6.18 Å². The van der Waals surface area contributed by atoms with Gasteiger partial charge in [0, 0.05) is 41.5 Å². The summed E-state index contributed by atoms with van der Waals surface area (Å²) in [6.07, 6.45) is -0.309. The summed E-state index contributed by atoms with van der Waals surface area (Å²) in [5.41, 5.74) is 14.0. The van der Waals surface area contributed by atoms with E-state index in [0.29, 0.717) is 61.0 Å². The molecule has 6 rings (SSSR count). The van der Waals surface area contributed by atoms with Crippen LogP contribution in [0.1, 0.15) is 96.0 Å². The number of hydrogen-bond donors (Lipinski definition) is 2. The molecule has 0 bridgehead atoms. The maximum Gasteiger partial charge on any atom is 0.433 e. The van der Waals surface area contributed by atoms with Crippen molar-refractivity contribution in [3.05, 3.63) is 64.0 Å². The molecular formula is C33H35F4N7O3. The van der Waals surface area contributed by atoms with Crippen LogP contribution in [0.15, 0.2) is 29.3 Å². The molecule has 0 spiro atoms. The first kappa shape index (κ1) is 32.3. The molecule has 14 heteroatoms. The number of aromatic nitrogens is 3. The van der Waals surface area contributed by atoms with Gasteiger partial charge in [0.2, 0.25) is 5.91 Å². The third kappa shape index (κ3) is 6.50. The molecule has 47 heavy (non-hydrogen) atoms. The van der Waals surface area contributed by atoms with Crippen LogP contribution in [0.25, 0.3) is 11.1 Å². The van der Waals surface area contributed by atoms with E-state index < -0.39 is 35.4 Å². The molecular weight excluding hydrogens is 618 g/mol. The number of aldehydes is 1. The first-order valence-corrected chi connectivity index (χ1v) is 15.6. The number of pyridine rings is 1. The number of benzene rings is 1. The van der Waals surface area contributed by atoms with Crippen molar-refractivity contribution >= 4 is 29.6 Å². The van der Waals surface area contributed by atoms with Crippen molar-refractivity contribution in [1.29, 1.82) is 0 Å². The van der Waals surface area contributed by atoms with Crippen LogP contribution in [0.2, 0.25) is 0 Å². The molecule has 3 aromatic rings. The lowest BCUT2D eigenvalue weighted by Crippen LogP contribution is -2.43. The minimum atomic E-state index is -4.61. The van der Waals surface area contributed by atoms with Crippen LogP contribution >= 0.6 is 0 Å². The minimum absolute atomic E-state index is 0.0999. The SMILES string of the molecule is Cc1nn(CC(N)=O)c(C2CC2)c1-c1cc(F)c(C=O)c(N2CCC(C(=O)N=C(N)c3ccc(C(F)(F)F)nc3C3CC3)CC2C)c1. The Bertz CT molecular complexity index is 1790. The van der Waals surface area contributed by atoms with E-state index in [1.165, 1.54) is 12.1 Å². The number of aliphatic imine (C=N–C) groups is 1. The lowest BCUT2D eigenvalue weighted by Gasteiger charge is -2.39. The maximum absolute atomic E-state index is 15.6. The summed E-state index contributed by atoms with van der Waals surface area (Å²) >= 11 is 0. The van der Waals surface area contributed by atoms with E-state index in [9.17, 15) is 27.6 Å². The van der Waals surface area contributed by atoms with Gasteiger partial charge in [-0.15, -0.1) is 0 Å². The molecule has 1 aromatic carbocycles. The van der Waals surface area contributed by atoms with E-state index >= 15 is 4.39 Å². The van der Waals surface area contributed by atoms with E-state index in [1.807, 2.05) is 11.8 Å². The number of aryl methyl sites for hydroxylation is 1. The van der Waals surface area contributed by atoms with Crippen molar-refractivity contribution in [2.45, 2.75) is 83.0 Å². The zero-order chi connectivity index (χ0) is 33.8. The third-order valence-corrected chi connectivity index (χ3v) is 9.17. The molecule has 1 saturated heterocycles. The Morgan fingerprint density at radius 3 is 2.38 bits per heavy atom. The number of nitrogens with two attached hydrogens (primary N) is 2. The second-order valence-corrected chi connectivity index (χ2v) is 12.8. The van der Waals surface area contributed by atoms with Crippen LogP contribution in [0, 0.1) is 18.7 Å². The van der Waals surface area contributed by atoms with Crippen molar-refractivity contribution in [3.8, 4) is 11.1 Å². The first-order chi connectivity index (χ1) is 22.3. The van der Waals surface area contributed by atoms with Crippen molar-refractivity contribution in [3.63, 3.8) is 0 Å². The van der Waals surface area contributed by atoms with Gasteiger partial charge in [-0.2, -0.15) is 23.3 Å². The first-order valence-electron chi connectivity index (χ1n) is 15.6. The third-order valence-electron chi connectivity index (χ3n) is 9.17. The van der Waals surface area contributed by atoms with Gasteiger partial charge in [-0.3, -0.25) is 19.1 Å². The standard InChI is InChI=1S/C33H35F4N7O3/c1-16-11-20(32(47)41-31(39)22-7-8-26(33(35,36)37)40-29(22)18-3-4-18)9-10-43(16)25-13-21(12-24(34)23(25)15-45)28-17(2)42-44(14-27(38)46)30(28)19-5-6-19/h7-8,12-13,15-16,18-20H,3-6,9-11,14H2,1-2H3,(H2,38,46)(H2,39,41,47). The predicted molar refractivity (Wildman–Crippen MR) is 165 cm³/mol. The topological polar surface area (TPSA) is 150 Å². The van der Waals surface area contributed by atoms with Crippen LogP contribution in [0.5, 0.6) is 0 Å². The number of hydrogen-bond acceptors (Lipinski definition) is 6. The Morgan fingerprint density at radius 2 is 1.79 bits per heavy atom. The highest BCUT2D eigenvalue weighted by atomic mass is 19.4. The van der Waals surface area contributed by atoms with E-state index in [-0.39, 0.29) is 47.1 Å². The number of primary amides is 1. The number of rotatable bonds is 9. The van der Waals surface area contributed by atoms with E-state index in [0.717, 1.165) is 24.6 Å². The molecule has 2 unspecified atom stereocenters. The number of alkyl halides is 3. The molecule has 1 aliphatic heterocycles. The highest BCUT2D eigenvalue weighted by Gasteiger charge is 2.38. The summed E-state index contributed by atoms with van der Waals surface area (Å²) < 4.78 is 57.0. The monoisotopic (exact) mass is 653 g/mol. The zero-order valence-corrected chi connectivity index (χ0v) is 26.0. The molecule has 2 saturated carbocycles. The van der Waals surface area contributed by atoms with Gasteiger partial charge in [-0.25, -0.2) is 9.37 Å². The highest BCUT2D eigenvalue weighted by molar-refractivity contribution is 6.05. The number of amides is 2. The van der Waals surface area contributed by atoms with Gasteiger partial charge in [0.25, 0.3) is 5.91 Å². The van der Waals surface area contributed by atoms with Crippen molar-refractivity contribution in [1.82, 2.24) is 14.8 Å². The number of nitrogens with zero attached hydrogens (tertiary/aromatic N) is 5. The number of anilines is 1. The van der Waals surface area contributed by atoms with Crippen molar-refractivity contribution in [2.75, 3.05) is 11.4 Å². The van der Waals surface area contributed by atoms with Crippen LogP contribution in [0.3, 0.4) is 0 Å². The minimum Gasteiger partial charge on any atom is -0.383 e. The van der Waals surface area contributed by atoms with E-state index in [4.69, 9.17) is 11.5 Å². The highest BCUT2D eigenvalue weighted by Crippen LogP contribution is 2.47. The zero-order valence-electron chi connectivity index (χ0n) is 26.0. The Balaban J connectivity index is 1.25. The molecule has 2 atom stereocenters. The van der Waals surface area contributed by atoms with E-state index in [2.05, 4.69) is 15.1 Å². The van der Waals surface area contributed by atoms with Gasteiger partial charge < -0.3 is 16.4 Å². The average molecular weight is 654 g/mol. The van der Waals surface area contributed by atoms with Crippen molar-refractivity contribution in [2.24, 2.45) is 22.4 Å². The molecule has 3 fully saturated rings. The summed E-state index contributed by atoms with van der Waals surface area (Å²) in [6.45, 7) is 3.85. The summed E-state index contributed by atoms with van der Waals surface area (Å²) in [4.78, 5) is 46.9. The van der Waals surface area contributed by atoms with Gasteiger partial charge in [0.05, 0.1) is 28.3 Å². The molecule has 3 aliphatic rings. The second-order valence-electron chi connectivity index (χ2n) is 12.8. The molecule has 10 nitrogen and oxygen atoms in total. The summed E-state index contributed by atoms with van der Waals surface area (Å²) in [7, 11) is 0. The Labute approximate surface area is 268 Å². The van der Waals surface area contributed by atoms with Crippen LogP contribution < -0.4 is 16.4 Å². The van der Waals surface area contributed by atoms with Gasteiger partial charge in [0.15, 0.2) is 6.29 Å². The van der Waals surface area contributed by atoms with Crippen LogP contribution in [0.4, 0.5) is 23.2 Å². The second kappa shape index (κ2) is 12.2. The lowest BCUT2D eigenvalue weighted by molar-refractivity contribution is -0.141. The van der Waals surface area contributed by atoms with Gasteiger partial charge in [-0.1, -0.05) is 0 Å². The largest absolute Gasteiger partial charge is 0.433 e. The fourth-order valence-corrected chi connectivity index (χ4v) is 6.64. The molecule has 2 aromatic heterocycles. The lowest BCUT2D eigenvalue weighted by atomic mass is 9.89. The fraction of sp³-hybridized carbons (Fsp3) is 0.455. The Kier molecular flexibility index (Phi) is 8.39. The molecule has 3 heterocycles.